The number of hydrogen-bond donors (Lipinski definition) is 2. The highest BCUT2D eigenvalue weighted by molar-refractivity contribution is 7.89. The standard InChI is InChI=1S/C19H31N3O3S/c1-14(2)11-17(18(23)22-10-9-19(4,12-20)13-22)21-26(24,25)16-7-5-15(3)6-8-16/h5-8,14,17,21H,9-13,20H2,1-4H3. The zero-order chi connectivity index (χ0) is 19.5. The number of carbonyl (C=O) groups excluding carboxylic acids is 1. The van der Waals surface area contributed by atoms with Gasteiger partial charge in [-0.1, -0.05) is 38.5 Å². The Hall–Kier alpha value is -1.44. The van der Waals surface area contributed by atoms with Crippen molar-refractivity contribution in [1.29, 1.82) is 0 Å². The highest BCUT2D eigenvalue weighted by Crippen LogP contribution is 2.29. The van der Waals surface area contributed by atoms with Crippen LogP contribution in [0.4, 0.5) is 0 Å². The summed E-state index contributed by atoms with van der Waals surface area (Å²) in [5.74, 6) is 0.0275. The van der Waals surface area contributed by atoms with Crippen molar-refractivity contribution in [1.82, 2.24) is 9.62 Å². The zero-order valence-corrected chi connectivity index (χ0v) is 17.0. The van der Waals surface area contributed by atoms with E-state index in [0.717, 1.165) is 12.0 Å². The quantitative estimate of drug-likeness (QED) is 0.754. The molecule has 0 aromatic heterocycles. The maximum absolute atomic E-state index is 13.0. The van der Waals surface area contributed by atoms with Crippen LogP contribution in [-0.2, 0) is 14.8 Å². The fourth-order valence-corrected chi connectivity index (χ4v) is 4.44. The van der Waals surface area contributed by atoms with E-state index in [0.29, 0.717) is 26.1 Å². The number of rotatable bonds is 7. The number of amides is 1. The van der Waals surface area contributed by atoms with Crippen molar-refractivity contribution in [3.63, 3.8) is 0 Å². The van der Waals surface area contributed by atoms with Crippen molar-refractivity contribution in [2.24, 2.45) is 17.1 Å². The van der Waals surface area contributed by atoms with Crippen LogP contribution in [0.25, 0.3) is 0 Å². The van der Waals surface area contributed by atoms with Crippen LogP contribution in [0.3, 0.4) is 0 Å². The van der Waals surface area contributed by atoms with Crippen LogP contribution in [0.1, 0.15) is 39.2 Å². The summed E-state index contributed by atoms with van der Waals surface area (Å²) in [4.78, 5) is 14.9. The first kappa shape index (κ1) is 20.9. The molecule has 3 N–H and O–H groups in total. The third kappa shape index (κ3) is 5.05. The number of aryl methyl sites for hydroxylation is 1. The maximum Gasteiger partial charge on any atom is 0.241 e. The minimum Gasteiger partial charge on any atom is -0.341 e. The Bertz CT molecular complexity index is 731. The van der Waals surface area contributed by atoms with Crippen LogP contribution >= 0.6 is 0 Å². The first-order valence-corrected chi connectivity index (χ1v) is 10.6. The van der Waals surface area contributed by atoms with Crippen LogP contribution in [0, 0.1) is 18.3 Å². The van der Waals surface area contributed by atoms with Gasteiger partial charge in [-0.25, -0.2) is 8.42 Å². The molecule has 1 aromatic rings. The number of nitrogens with one attached hydrogen (secondary N) is 1. The van der Waals surface area contributed by atoms with Gasteiger partial charge in [-0.15, -0.1) is 0 Å². The van der Waals surface area contributed by atoms with E-state index in [-0.39, 0.29) is 22.1 Å². The Labute approximate surface area is 157 Å². The van der Waals surface area contributed by atoms with Crippen molar-refractivity contribution < 1.29 is 13.2 Å². The molecule has 2 rings (SSSR count). The normalized spacial score (nSPS) is 22.0. The fourth-order valence-electron chi connectivity index (χ4n) is 3.24. The molecular formula is C19H31N3O3S. The van der Waals surface area contributed by atoms with Gasteiger partial charge in [-0.3, -0.25) is 4.79 Å². The summed E-state index contributed by atoms with van der Waals surface area (Å²) in [6.07, 6.45) is 1.30. The Morgan fingerprint density at radius 1 is 1.31 bits per heavy atom. The lowest BCUT2D eigenvalue weighted by atomic mass is 9.90. The topological polar surface area (TPSA) is 92.5 Å². The van der Waals surface area contributed by atoms with Crippen molar-refractivity contribution >= 4 is 15.9 Å². The number of nitrogens with zero attached hydrogens (tertiary/aromatic N) is 1. The van der Waals surface area contributed by atoms with E-state index in [1.165, 1.54) is 0 Å². The van der Waals surface area contributed by atoms with Gasteiger partial charge in [0, 0.05) is 13.1 Å². The first-order chi connectivity index (χ1) is 12.1. The molecule has 1 amide bonds. The number of hydrogen-bond acceptors (Lipinski definition) is 4. The number of carbonyl (C=O) groups is 1. The molecule has 0 spiro atoms. The van der Waals surface area contributed by atoms with E-state index in [4.69, 9.17) is 5.73 Å². The Morgan fingerprint density at radius 2 is 1.92 bits per heavy atom. The average Bonchev–Trinajstić information content (AvgIpc) is 2.96. The van der Waals surface area contributed by atoms with Crippen LogP contribution in [-0.4, -0.2) is 44.9 Å². The van der Waals surface area contributed by atoms with Crippen LogP contribution in [0.5, 0.6) is 0 Å². The molecule has 7 heteroatoms. The lowest BCUT2D eigenvalue weighted by Gasteiger charge is -2.27. The third-order valence-electron chi connectivity index (χ3n) is 5.00. The summed E-state index contributed by atoms with van der Waals surface area (Å²) in [5.41, 5.74) is 6.72. The van der Waals surface area contributed by atoms with Gasteiger partial charge >= 0.3 is 0 Å². The SMILES string of the molecule is Cc1ccc(S(=O)(=O)NC(CC(C)C)C(=O)N2CCC(C)(CN)C2)cc1. The maximum atomic E-state index is 13.0. The highest BCUT2D eigenvalue weighted by atomic mass is 32.2. The second-order valence-electron chi connectivity index (χ2n) is 8.14. The summed E-state index contributed by atoms with van der Waals surface area (Å²) >= 11 is 0. The minimum atomic E-state index is -3.75. The van der Waals surface area contributed by atoms with E-state index < -0.39 is 16.1 Å². The first-order valence-electron chi connectivity index (χ1n) is 9.14. The van der Waals surface area contributed by atoms with E-state index >= 15 is 0 Å². The minimum absolute atomic E-state index is 0.0894. The van der Waals surface area contributed by atoms with Gasteiger partial charge < -0.3 is 10.6 Å². The molecular weight excluding hydrogens is 350 g/mol. The average molecular weight is 382 g/mol. The van der Waals surface area contributed by atoms with Gasteiger partial charge in [0.25, 0.3) is 0 Å². The molecule has 6 nitrogen and oxygen atoms in total. The molecule has 1 heterocycles. The molecule has 1 aromatic carbocycles. The molecule has 2 atom stereocenters. The molecule has 0 aliphatic carbocycles. The lowest BCUT2D eigenvalue weighted by molar-refractivity contribution is -0.132. The molecule has 0 bridgehead atoms. The van der Waals surface area contributed by atoms with Gasteiger partial charge in [0.2, 0.25) is 15.9 Å². The van der Waals surface area contributed by atoms with E-state index in [2.05, 4.69) is 11.6 Å². The second kappa shape index (κ2) is 8.06. The number of benzene rings is 1. The molecule has 1 aliphatic heterocycles. The molecule has 146 valence electrons. The van der Waals surface area contributed by atoms with Crippen molar-refractivity contribution in [3.05, 3.63) is 29.8 Å². The molecule has 26 heavy (non-hydrogen) atoms. The number of likely N-dealkylation sites (tertiary alicyclic amines) is 1. The van der Waals surface area contributed by atoms with Crippen LogP contribution in [0.15, 0.2) is 29.2 Å². The lowest BCUT2D eigenvalue weighted by Crippen LogP contribution is -2.49. The molecule has 1 fully saturated rings. The fraction of sp³-hybridized carbons (Fsp3) is 0.632. The van der Waals surface area contributed by atoms with E-state index in [1.807, 2.05) is 20.8 Å². The zero-order valence-electron chi connectivity index (χ0n) is 16.2. The predicted octanol–water partition coefficient (Wildman–Crippen LogP) is 1.89. The van der Waals surface area contributed by atoms with Crippen molar-refractivity contribution in [3.8, 4) is 0 Å². The van der Waals surface area contributed by atoms with E-state index in [9.17, 15) is 13.2 Å². The van der Waals surface area contributed by atoms with Gasteiger partial charge in [0.1, 0.15) is 6.04 Å². The number of sulfonamides is 1. The largest absolute Gasteiger partial charge is 0.341 e. The summed E-state index contributed by atoms with van der Waals surface area (Å²) in [7, 11) is -3.75. The van der Waals surface area contributed by atoms with Gasteiger partial charge in [-0.05, 0) is 49.8 Å². The van der Waals surface area contributed by atoms with Gasteiger partial charge in [0.05, 0.1) is 4.90 Å². The van der Waals surface area contributed by atoms with Crippen molar-refractivity contribution in [2.75, 3.05) is 19.6 Å². The van der Waals surface area contributed by atoms with Gasteiger partial charge in [-0.2, -0.15) is 4.72 Å². The smallest absolute Gasteiger partial charge is 0.241 e. The monoisotopic (exact) mass is 381 g/mol. The van der Waals surface area contributed by atoms with Crippen LogP contribution < -0.4 is 10.5 Å². The Kier molecular flexibility index (Phi) is 6.47. The molecule has 2 unspecified atom stereocenters. The van der Waals surface area contributed by atoms with E-state index in [1.54, 1.807) is 29.2 Å². The summed E-state index contributed by atoms with van der Waals surface area (Å²) in [5, 5.41) is 0. The summed E-state index contributed by atoms with van der Waals surface area (Å²) < 4.78 is 28.1. The third-order valence-corrected chi connectivity index (χ3v) is 6.48. The highest BCUT2D eigenvalue weighted by Gasteiger charge is 2.38. The van der Waals surface area contributed by atoms with Crippen LogP contribution in [0.2, 0.25) is 0 Å². The Balaban J connectivity index is 2.19. The predicted molar refractivity (Wildman–Crippen MR) is 103 cm³/mol. The molecule has 1 saturated heterocycles. The number of nitrogens with two attached hydrogens (primary N) is 1. The van der Waals surface area contributed by atoms with Gasteiger partial charge in [0.15, 0.2) is 0 Å². The molecule has 0 saturated carbocycles. The van der Waals surface area contributed by atoms with Crippen molar-refractivity contribution in [2.45, 2.75) is 51.5 Å². The molecule has 0 radical (unpaired) electrons. The summed E-state index contributed by atoms with van der Waals surface area (Å²) in [6, 6.07) is 5.87. The second-order valence-corrected chi connectivity index (χ2v) is 9.86. The summed E-state index contributed by atoms with van der Waals surface area (Å²) in [6.45, 7) is 9.63. The Morgan fingerprint density at radius 3 is 2.42 bits per heavy atom. The molecule has 1 aliphatic rings.